The highest BCUT2D eigenvalue weighted by molar-refractivity contribution is 5.82. The molecule has 0 saturated heterocycles. The van der Waals surface area contributed by atoms with E-state index in [2.05, 4.69) is 18.9 Å². The van der Waals surface area contributed by atoms with Gasteiger partial charge in [0.15, 0.2) is 0 Å². The molecule has 0 aliphatic heterocycles. The first kappa shape index (κ1) is 14.0. The Morgan fingerprint density at radius 2 is 2.16 bits per heavy atom. The quantitative estimate of drug-likeness (QED) is 0.870. The molecule has 1 aromatic carbocycles. The van der Waals surface area contributed by atoms with Crippen LogP contribution in [0.2, 0.25) is 0 Å². The lowest BCUT2D eigenvalue weighted by molar-refractivity contribution is 0.131. The predicted octanol–water partition coefficient (Wildman–Crippen LogP) is 2.72. The lowest BCUT2D eigenvalue weighted by atomic mass is 10.1. The van der Waals surface area contributed by atoms with Crippen LogP contribution in [-0.2, 0) is 24.5 Å². The van der Waals surface area contributed by atoms with Crippen molar-refractivity contribution in [1.82, 2.24) is 9.78 Å². The number of rotatable bonds is 6. The van der Waals surface area contributed by atoms with Gasteiger partial charge in [0.25, 0.3) is 0 Å². The molecule has 0 saturated carbocycles. The zero-order valence-corrected chi connectivity index (χ0v) is 11.9. The van der Waals surface area contributed by atoms with Gasteiger partial charge < -0.3 is 9.84 Å². The third kappa shape index (κ3) is 3.14. The normalized spacial score (nSPS) is 11.6. The van der Waals surface area contributed by atoms with Crippen molar-refractivity contribution in [3.63, 3.8) is 0 Å². The fourth-order valence-electron chi connectivity index (χ4n) is 2.18. The van der Waals surface area contributed by atoms with E-state index in [1.807, 2.05) is 29.8 Å². The van der Waals surface area contributed by atoms with Gasteiger partial charge in [-0.2, -0.15) is 5.10 Å². The number of aliphatic hydroxyl groups excluding tert-OH is 1. The molecule has 2 rings (SSSR count). The summed E-state index contributed by atoms with van der Waals surface area (Å²) < 4.78 is 7.50. The van der Waals surface area contributed by atoms with Gasteiger partial charge in [-0.25, -0.2) is 0 Å². The zero-order valence-electron chi connectivity index (χ0n) is 11.9. The Hall–Kier alpha value is -1.39. The number of benzene rings is 1. The van der Waals surface area contributed by atoms with Crippen molar-refractivity contribution in [3.05, 3.63) is 29.5 Å². The molecule has 19 heavy (non-hydrogen) atoms. The topological polar surface area (TPSA) is 47.3 Å². The van der Waals surface area contributed by atoms with Gasteiger partial charge in [0.2, 0.25) is 0 Å². The Kier molecular flexibility index (Phi) is 4.56. The summed E-state index contributed by atoms with van der Waals surface area (Å²) in [7, 11) is 0. The lowest BCUT2D eigenvalue weighted by Crippen LogP contribution is -2.06. The van der Waals surface area contributed by atoms with Crippen LogP contribution in [0.4, 0.5) is 0 Å². The van der Waals surface area contributed by atoms with Crippen LogP contribution in [0.5, 0.6) is 0 Å². The van der Waals surface area contributed by atoms with E-state index >= 15 is 0 Å². The number of aromatic nitrogens is 2. The number of aliphatic hydroxyl groups is 1. The molecule has 0 radical (unpaired) electrons. The minimum atomic E-state index is 0.0591. The van der Waals surface area contributed by atoms with Crippen molar-refractivity contribution in [2.75, 3.05) is 6.61 Å². The zero-order chi connectivity index (χ0) is 13.8. The molecule has 0 atom stereocenters. The van der Waals surface area contributed by atoms with Crippen LogP contribution in [0.3, 0.4) is 0 Å². The third-order valence-corrected chi connectivity index (χ3v) is 3.06. The number of hydrogen-bond acceptors (Lipinski definition) is 3. The molecule has 0 aliphatic rings. The van der Waals surface area contributed by atoms with Crippen LogP contribution in [0, 0.1) is 5.92 Å². The summed E-state index contributed by atoms with van der Waals surface area (Å²) in [6, 6.07) is 5.98. The van der Waals surface area contributed by atoms with Gasteiger partial charge in [0, 0.05) is 18.5 Å². The Bertz CT molecular complexity index is 546. The van der Waals surface area contributed by atoms with Crippen molar-refractivity contribution in [2.24, 2.45) is 5.92 Å². The fourth-order valence-corrected chi connectivity index (χ4v) is 2.18. The van der Waals surface area contributed by atoms with E-state index in [4.69, 9.17) is 4.74 Å². The molecule has 0 bridgehead atoms. The molecular formula is C15H22N2O2. The Morgan fingerprint density at radius 1 is 1.37 bits per heavy atom. The number of hydrogen-bond donors (Lipinski definition) is 1. The summed E-state index contributed by atoms with van der Waals surface area (Å²) >= 11 is 0. The average Bonchev–Trinajstić information content (AvgIpc) is 2.73. The second kappa shape index (κ2) is 6.17. The second-order valence-electron chi connectivity index (χ2n) is 5.17. The molecule has 1 N–H and O–H groups in total. The lowest BCUT2D eigenvalue weighted by Gasteiger charge is -2.06. The average molecular weight is 262 g/mol. The minimum absolute atomic E-state index is 0.0591. The maximum Gasteiger partial charge on any atom is 0.0960 e. The highest BCUT2D eigenvalue weighted by atomic mass is 16.5. The molecule has 0 aliphatic carbocycles. The van der Waals surface area contributed by atoms with Crippen LogP contribution in [-0.4, -0.2) is 21.5 Å². The molecule has 0 spiro atoms. The molecule has 2 aromatic rings. The van der Waals surface area contributed by atoms with E-state index in [1.54, 1.807) is 0 Å². The van der Waals surface area contributed by atoms with Crippen molar-refractivity contribution in [3.8, 4) is 0 Å². The van der Waals surface area contributed by atoms with Crippen molar-refractivity contribution >= 4 is 10.9 Å². The van der Waals surface area contributed by atoms with E-state index in [-0.39, 0.29) is 6.61 Å². The molecule has 104 valence electrons. The van der Waals surface area contributed by atoms with Gasteiger partial charge in [0.1, 0.15) is 0 Å². The summed E-state index contributed by atoms with van der Waals surface area (Å²) in [6.07, 6.45) is 0. The molecule has 4 heteroatoms. The van der Waals surface area contributed by atoms with Crippen LogP contribution in [0.15, 0.2) is 18.2 Å². The van der Waals surface area contributed by atoms with Gasteiger partial charge in [-0.05, 0) is 24.5 Å². The van der Waals surface area contributed by atoms with Gasteiger partial charge in [-0.1, -0.05) is 26.0 Å². The SMILES string of the molecule is CCOCc1nn(CC(C)C)c2cc(CO)ccc12. The molecule has 1 heterocycles. The first-order valence-electron chi connectivity index (χ1n) is 6.82. The fraction of sp³-hybridized carbons (Fsp3) is 0.533. The molecule has 0 unspecified atom stereocenters. The maximum atomic E-state index is 9.26. The second-order valence-corrected chi connectivity index (χ2v) is 5.17. The molecule has 4 nitrogen and oxygen atoms in total. The highest BCUT2D eigenvalue weighted by Gasteiger charge is 2.12. The number of fused-ring (bicyclic) bond motifs is 1. The summed E-state index contributed by atoms with van der Waals surface area (Å²) in [5.41, 5.74) is 2.97. The Labute approximate surface area is 114 Å². The summed E-state index contributed by atoms with van der Waals surface area (Å²) in [5, 5.41) is 15.0. The first-order valence-corrected chi connectivity index (χ1v) is 6.82. The Morgan fingerprint density at radius 3 is 2.79 bits per heavy atom. The predicted molar refractivity (Wildman–Crippen MR) is 75.8 cm³/mol. The van der Waals surface area contributed by atoms with E-state index in [9.17, 15) is 5.11 Å². The van der Waals surface area contributed by atoms with Crippen LogP contribution < -0.4 is 0 Å². The van der Waals surface area contributed by atoms with Gasteiger partial charge in [-0.15, -0.1) is 0 Å². The monoisotopic (exact) mass is 262 g/mol. The van der Waals surface area contributed by atoms with E-state index in [0.29, 0.717) is 19.1 Å². The van der Waals surface area contributed by atoms with E-state index in [0.717, 1.165) is 28.7 Å². The van der Waals surface area contributed by atoms with Gasteiger partial charge in [-0.3, -0.25) is 4.68 Å². The van der Waals surface area contributed by atoms with Gasteiger partial charge >= 0.3 is 0 Å². The molecular weight excluding hydrogens is 240 g/mol. The van der Waals surface area contributed by atoms with Crippen LogP contribution >= 0.6 is 0 Å². The number of nitrogens with zero attached hydrogens (tertiary/aromatic N) is 2. The Balaban J connectivity index is 2.46. The number of ether oxygens (including phenoxy) is 1. The minimum Gasteiger partial charge on any atom is -0.392 e. The van der Waals surface area contributed by atoms with E-state index in [1.165, 1.54) is 0 Å². The standard InChI is InChI=1S/C15H22N2O2/c1-4-19-10-14-13-6-5-12(9-18)7-15(13)17(16-14)8-11(2)3/h5-7,11,18H,4,8-10H2,1-3H3. The highest BCUT2D eigenvalue weighted by Crippen LogP contribution is 2.22. The molecule has 0 fully saturated rings. The largest absolute Gasteiger partial charge is 0.392 e. The van der Waals surface area contributed by atoms with Crippen LogP contribution in [0.1, 0.15) is 32.0 Å². The first-order chi connectivity index (χ1) is 9.15. The van der Waals surface area contributed by atoms with Crippen molar-refractivity contribution < 1.29 is 9.84 Å². The smallest absolute Gasteiger partial charge is 0.0960 e. The maximum absolute atomic E-state index is 9.26. The van der Waals surface area contributed by atoms with E-state index < -0.39 is 0 Å². The molecule has 0 amide bonds. The van der Waals surface area contributed by atoms with Crippen molar-refractivity contribution in [1.29, 1.82) is 0 Å². The van der Waals surface area contributed by atoms with Crippen molar-refractivity contribution in [2.45, 2.75) is 40.5 Å². The summed E-state index contributed by atoms with van der Waals surface area (Å²) in [4.78, 5) is 0. The molecule has 1 aromatic heterocycles. The summed E-state index contributed by atoms with van der Waals surface area (Å²) in [6.45, 7) is 8.49. The summed E-state index contributed by atoms with van der Waals surface area (Å²) in [5.74, 6) is 0.529. The van der Waals surface area contributed by atoms with Crippen LogP contribution in [0.25, 0.3) is 10.9 Å². The third-order valence-electron chi connectivity index (χ3n) is 3.06. The van der Waals surface area contributed by atoms with Gasteiger partial charge in [0.05, 0.1) is 24.4 Å².